The van der Waals surface area contributed by atoms with Crippen LogP contribution >= 0.6 is 7.26 Å². The third-order valence-electron chi connectivity index (χ3n) is 9.88. The minimum absolute atomic E-state index is 0.190. The number of piperidine rings is 1. The SMILES string of the molecule is C=C(CCCCC[PH](c1ccc(C)cc1)(c1ccc(C)cc1)c1ccc(C)cc1)NC1CC(C)(C)N(C)C(C)(C)C1. The van der Waals surface area contributed by atoms with Crippen LogP contribution in [0.4, 0.5) is 0 Å². The van der Waals surface area contributed by atoms with E-state index in [1.54, 1.807) is 0 Å². The van der Waals surface area contributed by atoms with Crippen molar-refractivity contribution in [1.29, 1.82) is 0 Å². The van der Waals surface area contributed by atoms with Crippen molar-refractivity contribution in [3.05, 3.63) is 102 Å². The second kappa shape index (κ2) is 12.8. The van der Waals surface area contributed by atoms with Gasteiger partial charge in [-0.25, -0.2) is 0 Å². The summed E-state index contributed by atoms with van der Waals surface area (Å²) in [6.45, 7) is 20.5. The molecule has 1 N–H and O–H groups in total. The Morgan fingerprint density at radius 1 is 0.707 bits per heavy atom. The molecule has 41 heavy (non-hydrogen) atoms. The van der Waals surface area contributed by atoms with E-state index >= 15 is 0 Å². The van der Waals surface area contributed by atoms with Gasteiger partial charge in [0.1, 0.15) is 0 Å². The molecule has 3 aromatic rings. The predicted molar refractivity (Wildman–Crippen MR) is 185 cm³/mol. The van der Waals surface area contributed by atoms with Crippen molar-refractivity contribution >= 4 is 23.2 Å². The summed E-state index contributed by atoms with van der Waals surface area (Å²) in [4.78, 5) is 2.55. The van der Waals surface area contributed by atoms with Gasteiger partial charge in [0.2, 0.25) is 0 Å². The predicted octanol–water partition coefficient (Wildman–Crippen LogP) is 7.95. The Morgan fingerprint density at radius 3 is 1.49 bits per heavy atom. The second-order valence-corrected chi connectivity index (χ2v) is 18.1. The monoisotopic (exact) mass is 570 g/mol. The third kappa shape index (κ3) is 7.33. The van der Waals surface area contributed by atoms with E-state index in [9.17, 15) is 0 Å². The molecule has 0 aliphatic carbocycles. The van der Waals surface area contributed by atoms with Gasteiger partial charge in [0.15, 0.2) is 0 Å². The van der Waals surface area contributed by atoms with Crippen molar-refractivity contribution in [2.45, 2.75) is 104 Å². The molecule has 0 aromatic heterocycles. The number of likely N-dealkylation sites (tertiary alicyclic amines) is 1. The molecule has 3 aromatic carbocycles. The molecule has 1 saturated heterocycles. The first-order chi connectivity index (χ1) is 19.3. The van der Waals surface area contributed by atoms with Gasteiger partial charge >= 0.3 is 252 Å². The van der Waals surface area contributed by atoms with Crippen molar-refractivity contribution in [3.8, 4) is 0 Å². The van der Waals surface area contributed by atoms with Gasteiger partial charge in [-0.1, -0.05) is 0 Å². The number of nitrogens with one attached hydrogen (secondary N) is 1. The number of benzene rings is 3. The standard InChI is InChI=1S/C38H55N2P/c1-29-14-20-34(21-15-29)41(35-22-16-30(2)17-23-35,36-24-18-31(3)19-25-36)26-12-10-11-13-32(4)39-33-27-37(5,6)40(9)38(7,8)28-33/h14-25,33,39,41H,4,10-13,26-28H2,1-3,5-9H3. The van der Waals surface area contributed by atoms with Gasteiger partial charge in [-0.2, -0.15) is 0 Å². The minimum atomic E-state index is -2.19. The Labute approximate surface area is 252 Å². The van der Waals surface area contributed by atoms with Gasteiger partial charge in [0, 0.05) is 0 Å². The molecule has 1 aliphatic heterocycles. The number of allylic oxidation sites excluding steroid dienone is 1. The zero-order valence-electron chi connectivity index (χ0n) is 27.1. The molecule has 0 atom stereocenters. The summed E-state index contributed by atoms with van der Waals surface area (Å²) in [5, 5.41) is 8.41. The molecule has 222 valence electrons. The molecule has 0 spiro atoms. The molecule has 1 heterocycles. The molecule has 3 heteroatoms. The number of nitrogens with zero attached hydrogens (tertiary/aromatic N) is 1. The van der Waals surface area contributed by atoms with Crippen LogP contribution in [0.25, 0.3) is 0 Å². The first-order valence-corrected chi connectivity index (χ1v) is 17.9. The molecule has 1 aliphatic rings. The number of unbranched alkanes of at least 4 members (excludes halogenated alkanes) is 2. The maximum atomic E-state index is 4.46. The van der Waals surface area contributed by atoms with E-state index in [1.807, 2.05) is 0 Å². The summed E-state index contributed by atoms with van der Waals surface area (Å²) >= 11 is 0. The van der Waals surface area contributed by atoms with Gasteiger partial charge in [0.05, 0.1) is 0 Å². The summed E-state index contributed by atoms with van der Waals surface area (Å²) in [5.41, 5.74) is 5.57. The van der Waals surface area contributed by atoms with Crippen LogP contribution < -0.4 is 21.2 Å². The maximum absolute atomic E-state index is 4.46. The van der Waals surface area contributed by atoms with Crippen molar-refractivity contribution in [2.24, 2.45) is 0 Å². The van der Waals surface area contributed by atoms with E-state index in [0.29, 0.717) is 6.04 Å². The van der Waals surface area contributed by atoms with Crippen LogP contribution in [0.15, 0.2) is 85.1 Å². The van der Waals surface area contributed by atoms with Crippen molar-refractivity contribution < 1.29 is 0 Å². The summed E-state index contributed by atoms with van der Waals surface area (Å²) in [5.74, 6) is 0. The molecule has 2 nitrogen and oxygen atoms in total. The van der Waals surface area contributed by atoms with Gasteiger partial charge in [0.25, 0.3) is 0 Å². The molecule has 4 rings (SSSR count). The number of rotatable bonds is 11. The van der Waals surface area contributed by atoms with Gasteiger partial charge in [-0.15, -0.1) is 0 Å². The number of hydrogen-bond donors (Lipinski definition) is 1. The summed E-state index contributed by atoms with van der Waals surface area (Å²) in [6.07, 6.45) is 8.23. The van der Waals surface area contributed by atoms with Crippen LogP contribution in [0.3, 0.4) is 0 Å². The van der Waals surface area contributed by atoms with E-state index in [0.717, 1.165) is 19.3 Å². The van der Waals surface area contributed by atoms with Gasteiger partial charge in [-0.3, -0.25) is 0 Å². The Bertz CT molecular complexity index is 1160. The summed E-state index contributed by atoms with van der Waals surface area (Å²) in [7, 11) is 0.0897. The van der Waals surface area contributed by atoms with Crippen molar-refractivity contribution in [1.82, 2.24) is 10.2 Å². The molecular weight excluding hydrogens is 515 g/mol. The first-order valence-electron chi connectivity index (χ1n) is 15.7. The number of hydrogen-bond acceptors (Lipinski definition) is 2. The van der Waals surface area contributed by atoms with E-state index in [-0.39, 0.29) is 11.1 Å². The average molecular weight is 571 g/mol. The molecule has 0 bridgehead atoms. The fraction of sp³-hybridized carbons (Fsp3) is 0.474. The van der Waals surface area contributed by atoms with Crippen LogP contribution in [-0.4, -0.2) is 35.2 Å². The quantitative estimate of drug-likeness (QED) is 0.186. The Kier molecular flexibility index (Phi) is 9.88. The fourth-order valence-corrected chi connectivity index (χ4v) is 12.0. The van der Waals surface area contributed by atoms with Gasteiger partial charge in [-0.05, 0) is 0 Å². The van der Waals surface area contributed by atoms with Crippen molar-refractivity contribution in [2.75, 3.05) is 13.2 Å². The van der Waals surface area contributed by atoms with Crippen LogP contribution in [0, 0.1) is 20.8 Å². The fourth-order valence-electron chi connectivity index (χ4n) is 7.19. The normalized spacial score (nSPS) is 17.8. The van der Waals surface area contributed by atoms with Gasteiger partial charge < -0.3 is 0 Å². The van der Waals surface area contributed by atoms with E-state index < -0.39 is 7.26 Å². The third-order valence-corrected chi connectivity index (χ3v) is 14.9. The zero-order chi connectivity index (χ0) is 29.8. The second-order valence-electron chi connectivity index (χ2n) is 14.1. The summed E-state index contributed by atoms with van der Waals surface area (Å²) < 4.78 is 0. The molecule has 0 amide bonds. The van der Waals surface area contributed by atoms with Crippen LogP contribution in [0.5, 0.6) is 0 Å². The Balaban J connectivity index is 1.47. The summed E-state index contributed by atoms with van der Waals surface area (Å²) in [6, 6.07) is 28.8. The zero-order valence-corrected chi connectivity index (χ0v) is 28.1. The molecule has 0 radical (unpaired) electrons. The number of aryl methyl sites for hydroxylation is 3. The van der Waals surface area contributed by atoms with Crippen molar-refractivity contribution in [3.63, 3.8) is 0 Å². The van der Waals surface area contributed by atoms with E-state index in [4.69, 9.17) is 0 Å². The topological polar surface area (TPSA) is 15.3 Å². The van der Waals surface area contributed by atoms with Crippen LogP contribution in [0.1, 0.15) is 82.9 Å². The van der Waals surface area contributed by atoms with E-state index in [1.165, 1.54) is 63.7 Å². The van der Waals surface area contributed by atoms with Crippen LogP contribution in [-0.2, 0) is 0 Å². The average Bonchev–Trinajstić information content (AvgIpc) is 2.91. The first kappa shape index (κ1) is 31.5. The van der Waals surface area contributed by atoms with Crippen LogP contribution in [0.2, 0.25) is 0 Å². The Hall–Kier alpha value is -2.41. The molecular formula is C38H55N2P. The molecule has 0 unspecified atom stereocenters. The Morgan fingerprint density at radius 2 is 1.10 bits per heavy atom. The molecule has 0 saturated carbocycles. The van der Waals surface area contributed by atoms with E-state index in [2.05, 4.69) is 145 Å². The molecule has 1 fully saturated rings.